The summed E-state index contributed by atoms with van der Waals surface area (Å²) in [6.07, 6.45) is 6.84. The van der Waals surface area contributed by atoms with Gasteiger partial charge in [0.2, 0.25) is 0 Å². The predicted octanol–water partition coefficient (Wildman–Crippen LogP) is 0.812. The second kappa shape index (κ2) is 2.58. The molecule has 0 saturated heterocycles. The molecule has 0 unspecified atom stereocenters. The summed E-state index contributed by atoms with van der Waals surface area (Å²) < 4.78 is 11.4. The van der Waals surface area contributed by atoms with Crippen LogP contribution in [0.2, 0.25) is 0 Å². The van der Waals surface area contributed by atoms with Gasteiger partial charge in [0, 0.05) is 12.4 Å². The van der Waals surface area contributed by atoms with Crippen LogP contribution in [0.1, 0.15) is 6.42 Å². The first-order chi connectivity index (χ1) is 4.61. The Morgan fingerprint density at radius 2 is 1.80 bits per heavy atom. The van der Waals surface area contributed by atoms with Crippen LogP contribution in [0.5, 0.6) is 0 Å². The molecule has 0 amide bonds. The van der Waals surface area contributed by atoms with Gasteiger partial charge >= 0.3 is 7.75 Å². The van der Waals surface area contributed by atoms with Crippen LogP contribution in [0.15, 0.2) is 24.6 Å². The van der Waals surface area contributed by atoms with E-state index in [4.69, 9.17) is 9.79 Å². The minimum Gasteiger partial charge on any atom is -0.308 e. The first-order valence-electron chi connectivity index (χ1n) is 2.78. The van der Waals surface area contributed by atoms with Crippen molar-refractivity contribution in [3.63, 3.8) is 0 Å². The molecule has 10 heavy (non-hydrogen) atoms. The van der Waals surface area contributed by atoms with Crippen LogP contribution in [0, 0.1) is 0 Å². The zero-order valence-electron chi connectivity index (χ0n) is 5.21. The van der Waals surface area contributed by atoms with Gasteiger partial charge in [-0.3, -0.25) is 4.67 Å². The average molecular weight is 161 g/mol. The standard InChI is InChI=1S/C5H8NO3P/c7-10(8,9)6-4-2-1-3-5-6/h2-5H,1H2,(H2,7,8,9). The minimum absolute atomic E-state index is 0.733. The molecule has 0 aliphatic carbocycles. The van der Waals surface area contributed by atoms with Gasteiger partial charge in [-0.2, -0.15) is 0 Å². The van der Waals surface area contributed by atoms with Gasteiger partial charge in [-0.15, -0.1) is 0 Å². The minimum atomic E-state index is -4.08. The van der Waals surface area contributed by atoms with Crippen molar-refractivity contribution in [1.29, 1.82) is 0 Å². The molecule has 0 spiro atoms. The monoisotopic (exact) mass is 161 g/mol. The third kappa shape index (κ3) is 1.70. The zero-order valence-corrected chi connectivity index (χ0v) is 6.11. The largest absolute Gasteiger partial charge is 0.433 e. The molecule has 4 nitrogen and oxygen atoms in total. The van der Waals surface area contributed by atoms with Gasteiger partial charge in [-0.1, -0.05) is 12.2 Å². The Morgan fingerprint density at radius 1 is 1.30 bits per heavy atom. The predicted molar refractivity (Wildman–Crippen MR) is 36.8 cm³/mol. The SMILES string of the molecule is O=P(O)(O)N1C=CCC=C1. The van der Waals surface area contributed by atoms with E-state index in [1.54, 1.807) is 12.2 Å². The molecule has 5 heteroatoms. The van der Waals surface area contributed by atoms with E-state index in [0.29, 0.717) is 0 Å². The molecule has 2 N–H and O–H groups in total. The molecule has 1 aliphatic rings. The van der Waals surface area contributed by atoms with Crippen LogP contribution < -0.4 is 0 Å². The van der Waals surface area contributed by atoms with E-state index in [1.807, 2.05) is 0 Å². The highest BCUT2D eigenvalue weighted by molar-refractivity contribution is 7.49. The molecule has 0 aromatic heterocycles. The van der Waals surface area contributed by atoms with Gasteiger partial charge in [0.05, 0.1) is 0 Å². The quantitative estimate of drug-likeness (QED) is 0.558. The van der Waals surface area contributed by atoms with Crippen molar-refractivity contribution in [1.82, 2.24) is 4.67 Å². The molecule has 0 bridgehead atoms. The van der Waals surface area contributed by atoms with E-state index in [9.17, 15) is 4.57 Å². The lowest BCUT2D eigenvalue weighted by Crippen LogP contribution is -2.06. The maximum absolute atomic E-state index is 10.5. The molecule has 0 aromatic rings. The molecule has 56 valence electrons. The zero-order chi connectivity index (χ0) is 7.61. The summed E-state index contributed by atoms with van der Waals surface area (Å²) in [6.45, 7) is 0. The highest BCUT2D eigenvalue weighted by Crippen LogP contribution is 2.41. The van der Waals surface area contributed by atoms with Crippen LogP contribution in [-0.2, 0) is 4.57 Å². The Kier molecular flexibility index (Phi) is 1.94. The van der Waals surface area contributed by atoms with Crippen molar-refractivity contribution in [3.8, 4) is 0 Å². The van der Waals surface area contributed by atoms with Crippen molar-refractivity contribution in [2.45, 2.75) is 6.42 Å². The number of hydrogen-bond acceptors (Lipinski definition) is 1. The van der Waals surface area contributed by atoms with Gasteiger partial charge in [-0.05, 0) is 6.42 Å². The molecule has 0 saturated carbocycles. The molecular formula is C5H8NO3P. The fraction of sp³-hybridized carbons (Fsp3) is 0.200. The van der Waals surface area contributed by atoms with Gasteiger partial charge in [0.25, 0.3) is 0 Å². The highest BCUT2D eigenvalue weighted by atomic mass is 31.2. The fourth-order valence-corrected chi connectivity index (χ4v) is 1.18. The Labute approximate surface area is 58.7 Å². The summed E-state index contributed by atoms with van der Waals surface area (Å²) in [4.78, 5) is 17.2. The number of allylic oxidation sites excluding steroid dienone is 2. The molecule has 1 aliphatic heterocycles. The molecule has 1 rings (SSSR count). The summed E-state index contributed by atoms with van der Waals surface area (Å²) in [6, 6.07) is 0. The third-order valence-electron chi connectivity index (χ3n) is 1.09. The van der Waals surface area contributed by atoms with Gasteiger partial charge in [0.15, 0.2) is 0 Å². The average Bonchev–Trinajstić information content (AvgIpc) is 1.88. The van der Waals surface area contributed by atoms with Crippen LogP contribution in [0.3, 0.4) is 0 Å². The lowest BCUT2D eigenvalue weighted by atomic mass is 10.4. The normalized spacial score (nSPS) is 18.0. The van der Waals surface area contributed by atoms with E-state index in [2.05, 4.69) is 0 Å². The highest BCUT2D eigenvalue weighted by Gasteiger charge is 2.19. The van der Waals surface area contributed by atoms with Crippen LogP contribution in [0.25, 0.3) is 0 Å². The van der Waals surface area contributed by atoms with Crippen LogP contribution in [0.4, 0.5) is 0 Å². The Morgan fingerprint density at radius 3 is 2.10 bits per heavy atom. The van der Waals surface area contributed by atoms with Crippen LogP contribution >= 0.6 is 7.75 Å². The summed E-state index contributed by atoms with van der Waals surface area (Å²) in [5.74, 6) is 0. The van der Waals surface area contributed by atoms with E-state index in [0.717, 1.165) is 11.1 Å². The number of hydrogen-bond donors (Lipinski definition) is 2. The second-order valence-corrected chi connectivity index (χ2v) is 3.39. The van der Waals surface area contributed by atoms with Crippen molar-refractivity contribution in [3.05, 3.63) is 24.6 Å². The first kappa shape index (κ1) is 7.54. The van der Waals surface area contributed by atoms with Crippen molar-refractivity contribution in [2.24, 2.45) is 0 Å². The van der Waals surface area contributed by atoms with Crippen LogP contribution in [-0.4, -0.2) is 14.5 Å². The number of nitrogens with zero attached hydrogens (tertiary/aromatic N) is 1. The Balaban J connectivity index is 2.74. The van der Waals surface area contributed by atoms with E-state index < -0.39 is 7.75 Å². The lowest BCUT2D eigenvalue weighted by molar-refractivity contribution is 0.328. The third-order valence-corrected chi connectivity index (χ3v) is 1.96. The van der Waals surface area contributed by atoms with Crippen molar-refractivity contribution < 1.29 is 14.4 Å². The first-order valence-corrected chi connectivity index (χ1v) is 4.35. The maximum Gasteiger partial charge on any atom is 0.433 e. The van der Waals surface area contributed by atoms with Crippen molar-refractivity contribution >= 4 is 7.75 Å². The molecule has 0 aromatic carbocycles. The van der Waals surface area contributed by atoms with Crippen molar-refractivity contribution in [2.75, 3.05) is 0 Å². The molecule has 1 heterocycles. The van der Waals surface area contributed by atoms with Gasteiger partial charge < -0.3 is 9.79 Å². The van der Waals surface area contributed by atoms with Gasteiger partial charge in [0.1, 0.15) is 0 Å². The van der Waals surface area contributed by atoms with Gasteiger partial charge in [-0.25, -0.2) is 4.57 Å². The Bertz CT molecular complexity index is 205. The smallest absolute Gasteiger partial charge is 0.308 e. The summed E-state index contributed by atoms with van der Waals surface area (Å²) in [5.41, 5.74) is 0. The Hall–Kier alpha value is -0.570. The molecule has 0 atom stereocenters. The topological polar surface area (TPSA) is 60.8 Å². The van der Waals surface area contributed by atoms with E-state index in [1.165, 1.54) is 12.4 Å². The second-order valence-electron chi connectivity index (χ2n) is 1.90. The molecular weight excluding hydrogens is 153 g/mol. The summed E-state index contributed by atoms with van der Waals surface area (Å²) in [5, 5.41) is 0. The maximum atomic E-state index is 10.5. The van der Waals surface area contributed by atoms with E-state index >= 15 is 0 Å². The number of rotatable bonds is 1. The molecule has 0 fully saturated rings. The fourth-order valence-electron chi connectivity index (χ4n) is 0.640. The lowest BCUT2D eigenvalue weighted by Gasteiger charge is -2.17. The summed E-state index contributed by atoms with van der Waals surface area (Å²) >= 11 is 0. The van der Waals surface area contributed by atoms with E-state index in [-0.39, 0.29) is 0 Å². The summed E-state index contributed by atoms with van der Waals surface area (Å²) in [7, 11) is -4.08. The molecule has 0 radical (unpaired) electrons.